The van der Waals surface area contributed by atoms with Crippen molar-refractivity contribution in [3.63, 3.8) is 0 Å². The first-order valence-corrected chi connectivity index (χ1v) is 5.45. The molecule has 0 unspecified atom stereocenters. The molecule has 2 aromatic heterocycles. The van der Waals surface area contributed by atoms with Gasteiger partial charge < -0.3 is 0 Å². The lowest BCUT2D eigenvalue weighted by atomic mass is 10.3. The maximum absolute atomic E-state index is 10.9. The highest BCUT2D eigenvalue weighted by molar-refractivity contribution is 7.89. The SMILES string of the molecule is Cn1cc(-c2n[nH]c(S(N)(=O)=O)n2)cn1. The Bertz CT molecular complexity index is 582. The first-order valence-electron chi connectivity index (χ1n) is 3.91. The van der Waals surface area contributed by atoms with E-state index in [0.29, 0.717) is 5.56 Å². The van der Waals surface area contributed by atoms with Crippen molar-refractivity contribution < 1.29 is 8.42 Å². The van der Waals surface area contributed by atoms with Crippen LogP contribution in [-0.2, 0) is 17.1 Å². The Morgan fingerprint density at radius 1 is 1.53 bits per heavy atom. The minimum Gasteiger partial charge on any atom is -0.275 e. The molecule has 3 N–H and O–H groups in total. The number of hydrogen-bond donors (Lipinski definition) is 2. The fraction of sp³-hybridized carbons (Fsp3) is 0.167. The highest BCUT2D eigenvalue weighted by atomic mass is 32.2. The molecular weight excluding hydrogens is 220 g/mol. The molecule has 0 saturated carbocycles. The zero-order chi connectivity index (χ0) is 11.1. The Kier molecular flexibility index (Phi) is 2.05. The second-order valence-corrected chi connectivity index (χ2v) is 4.39. The number of nitrogens with zero attached hydrogens (tertiary/aromatic N) is 4. The Morgan fingerprint density at radius 2 is 2.27 bits per heavy atom. The van der Waals surface area contributed by atoms with Crippen molar-refractivity contribution in [1.82, 2.24) is 25.0 Å². The molecule has 0 amide bonds. The molecule has 9 heteroatoms. The molecule has 2 aromatic rings. The van der Waals surface area contributed by atoms with Gasteiger partial charge in [0.05, 0.1) is 11.8 Å². The molecule has 0 bridgehead atoms. The molecule has 0 radical (unpaired) electrons. The summed E-state index contributed by atoms with van der Waals surface area (Å²) in [4.78, 5) is 3.73. The van der Waals surface area contributed by atoms with Gasteiger partial charge in [-0.2, -0.15) is 15.2 Å². The zero-order valence-electron chi connectivity index (χ0n) is 7.75. The average Bonchev–Trinajstić information content (AvgIpc) is 2.69. The molecule has 2 rings (SSSR count). The second kappa shape index (κ2) is 3.14. The summed E-state index contributed by atoms with van der Waals surface area (Å²) in [6.45, 7) is 0. The zero-order valence-corrected chi connectivity index (χ0v) is 8.56. The van der Waals surface area contributed by atoms with Crippen LogP contribution >= 0.6 is 0 Å². The Labute approximate surface area is 85.2 Å². The van der Waals surface area contributed by atoms with Gasteiger partial charge in [0.15, 0.2) is 5.82 Å². The van der Waals surface area contributed by atoms with E-state index in [1.807, 2.05) is 0 Å². The Hall–Kier alpha value is -1.74. The van der Waals surface area contributed by atoms with Crippen LogP contribution in [-0.4, -0.2) is 33.4 Å². The minimum atomic E-state index is -3.84. The Morgan fingerprint density at radius 3 is 2.73 bits per heavy atom. The summed E-state index contributed by atoms with van der Waals surface area (Å²) in [7, 11) is -2.11. The second-order valence-electron chi connectivity index (χ2n) is 2.91. The van der Waals surface area contributed by atoms with Gasteiger partial charge in [0.25, 0.3) is 15.2 Å². The number of aromatic amines is 1. The van der Waals surface area contributed by atoms with Crippen LogP contribution in [0.4, 0.5) is 0 Å². The van der Waals surface area contributed by atoms with Crippen LogP contribution in [0.25, 0.3) is 11.4 Å². The lowest BCUT2D eigenvalue weighted by molar-refractivity contribution is 0.589. The van der Waals surface area contributed by atoms with Crippen molar-refractivity contribution in [1.29, 1.82) is 0 Å². The molecule has 80 valence electrons. The molecule has 0 aromatic carbocycles. The third kappa shape index (κ3) is 1.87. The molecule has 0 aliphatic heterocycles. The summed E-state index contributed by atoms with van der Waals surface area (Å²) in [5, 5.41) is 14.4. The predicted molar refractivity (Wildman–Crippen MR) is 50.0 cm³/mol. The van der Waals surface area contributed by atoms with Gasteiger partial charge in [0, 0.05) is 13.2 Å². The maximum Gasteiger partial charge on any atom is 0.273 e. The topological polar surface area (TPSA) is 120 Å². The highest BCUT2D eigenvalue weighted by Crippen LogP contribution is 2.13. The molecule has 0 saturated heterocycles. The fourth-order valence-electron chi connectivity index (χ4n) is 1.04. The summed E-state index contributed by atoms with van der Waals surface area (Å²) in [6.07, 6.45) is 3.19. The van der Waals surface area contributed by atoms with E-state index >= 15 is 0 Å². The van der Waals surface area contributed by atoms with Gasteiger partial charge in [-0.15, -0.1) is 0 Å². The van der Waals surface area contributed by atoms with Crippen LogP contribution in [0.2, 0.25) is 0 Å². The largest absolute Gasteiger partial charge is 0.275 e. The van der Waals surface area contributed by atoms with Crippen LogP contribution in [0.3, 0.4) is 0 Å². The number of nitrogens with two attached hydrogens (primary N) is 1. The van der Waals surface area contributed by atoms with E-state index in [-0.39, 0.29) is 11.0 Å². The average molecular weight is 228 g/mol. The first-order chi connectivity index (χ1) is 6.97. The minimum absolute atomic E-state index is 0.243. The summed E-state index contributed by atoms with van der Waals surface area (Å²) in [5.74, 6) is 0.243. The van der Waals surface area contributed by atoms with Gasteiger partial charge in [-0.3, -0.25) is 4.68 Å². The molecule has 0 aliphatic carbocycles. The predicted octanol–water partition coefficient (Wildman–Crippen LogP) is -1.15. The van der Waals surface area contributed by atoms with Crippen LogP contribution in [0.5, 0.6) is 0 Å². The van der Waals surface area contributed by atoms with Crippen molar-refractivity contribution in [3.8, 4) is 11.4 Å². The van der Waals surface area contributed by atoms with E-state index in [1.54, 1.807) is 17.9 Å². The van der Waals surface area contributed by atoms with Gasteiger partial charge in [0.2, 0.25) is 0 Å². The number of sulfonamides is 1. The van der Waals surface area contributed by atoms with E-state index in [4.69, 9.17) is 5.14 Å². The molecular formula is C6H8N6O2S. The molecule has 2 heterocycles. The summed E-state index contributed by atoms with van der Waals surface area (Å²) in [6, 6.07) is 0. The quantitative estimate of drug-likeness (QED) is 0.672. The normalized spacial score (nSPS) is 11.9. The van der Waals surface area contributed by atoms with E-state index in [2.05, 4.69) is 20.3 Å². The lowest BCUT2D eigenvalue weighted by Crippen LogP contribution is -2.13. The molecule has 0 spiro atoms. The van der Waals surface area contributed by atoms with E-state index in [9.17, 15) is 8.42 Å². The maximum atomic E-state index is 10.9. The third-order valence-electron chi connectivity index (χ3n) is 1.70. The number of hydrogen-bond acceptors (Lipinski definition) is 5. The number of nitrogens with one attached hydrogen (secondary N) is 1. The van der Waals surface area contributed by atoms with Gasteiger partial charge >= 0.3 is 0 Å². The highest BCUT2D eigenvalue weighted by Gasteiger charge is 2.15. The van der Waals surface area contributed by atoms with Gasteiger partial charge in [-0.25, -0.2) is 18.7 Å². The number of aryl methyl sites for hydroxylation is 1. The van der Waals surface area contributed by atoms with Crippen LogP contribution in [0, 0.1) is 0 Å². The number of aromatic nitrogens is 5. The molecule has 0 aliphatic rings. The summed E-state index contributed by atoms with van der Waals surface area (Å²) in [5.41, 5.74) is 0.614. The monoisotopic (exact) mass is 228 g/mol. The van der Waals surface area contributed by atoms with Crippen molar-refractivity contribution in [2.45, 2.75) is 5.16 Å². The molecule has 8 nitrogen and oxygen atoms in total. The van der Waals surface area contributed by atoms with Crippen molar-refractivity contribution >= 4 is 10.0 Å². The van der Waals surface area contributed by atoms with Crippen molar-refractivity contribution in [2.75, 3.05) is 0 Å². The van der Waals surface area contributed by atoms with Crippen molar-refractivity contribution in [3.05, 3.63) is 12.4 Å². The summed E-state index contributed by atoms with van der Waals surface area (Å²) >= 11 is 0. The van der Waals surface area contributed by atoms with Crippen LogP contribution in [0.1, 0.15) is 0 Å². The first kappa shape index (κ1) is 9.80. The van der Waals surface area contributed by atoms with Crippen LogP contribution < -0.4 is 5.14 Å². The molecule has 0 fully saturated rings. The fourth-order valence-corrected chi connectivity index (χ4v) is 1.43. The number of primary sulfonamides is 1. The number of H-pyrrole nitrogens is 1. The molecule has 15 heavy (non-hydrogen) atoms. The summed E-state index contributed by atoms with van der Waals surface area (Å²) < 4.78 is 23.4. The van der Waals surface area contributed by atoms with Gasteiger partial charge in [-0.05, 0) is 0 Å². The standard InChI is InChI=1S/C6H8N6O2S/c1-12-3-4(2-8-12)5-9-6(11-10-5)15(7,13)14/h2-3H,1H3,(H2,7,13,14)(H,9,10,11). The molecule has 0 atom stereocenters. The van der Waals surface area contributed by atoms with E-state index in [1.165, 1.54) is 6.20 Å². The lowest BCUT2D eigenvalue weighted by Gasteiger charge is -1.86. The number of rotatable bonds is 2. The van der Waals surface area contributed by atoms with Crippen molar-refractivity contribution in [2.24, 2.45) is 12.2 Å². The van der Waals surface area contributed by atoms with Crippen LogP contribution in [0.15, 0.2) is 17.6 Å². The van der Waals surface area contributed by atoms with Gasteiger partial charge in [-0.1, -0.05) is 0 Å². The van der Waals surface area contributed by atoms with E-state index < -0.39 is 10.0 Å². The smallest absolute Gasteiger partial charge is 0.273 e. The van der Waals surface area contributed by atoms with Gasteiger partial charge in [0.1, 0.15) is 0 Å². The van der Waals surface area contributed by atoms with E-state index in [0.717, 1.165) is 0 Å². The Balaban J connectivity index is 2.44. The third-order valence-corrected chi connectivity index (χ3v) is 2.42.